The maximum atomic E-state index is 11.9. The number of thiazole rings is 1. The molecule has 0 atom stereocenters. The van der Waals surface area contributed by atoms with E-state index in [-0.39, 0.29) is 18.4 Å². The van der Waals surface area contributed by atoms with Crippen molar-refractivity contribution in [3.63, 3.8) is 0 Å². The van der Waals surface area contributed by atoms with Crippen LogP contribution in [0.1, 0.15) is 17.3 Å². The maximum absolute atomic E-state index is 11.9. The number of aromatic nitrogens is 1. The fourth-order valence-corrected chi connectivity index (χ4v) is 2.38. The van der Waals surface area contributed by atoms with Crippen molar-refractivity contribution in [3.8, 4) is 0 Å². The summed E-state index contributed by atoms with van der Waals surface area (Å²) in [7, 11) is 0. The summed E-state index contributed by atoms with van der Waals surface area (Å²) in [5.74, 6) is -0.501. The highest BCUT2D eigenvalue weighted by Gasteiger charge is 2.09. The number of hydrogen-bond donors (Lipinski definition) is 3. The molecule has 2 amide bonds. The molecule has 1 aromatic carbocycles. The molecule has 1 heterocycles. The molecule has 0 saturated carbocycles. The monoisotopic (exact) mass is 278 g/mol. The van der Waals surface area contributed by atoms with Gasteiger partial charge in [-0.2, -0.15) is 0 Å². The van der Waals surface area contributed by atoms with Crippen LogP contribution in [-0.2, 0) is 4.79 Å². The van der Waals surface area contributed by atoms with E-state index < -0.39 is 0 Å². The van der Waals surface area contributed by atoms with Gasteiger partial charge in [0.25, 0.3) is 5.91 Å². The Morgan fingerprint density at radius 1 is 1.37 bits per heavy atom. The molecule has 0 aliphatic heterocycles. The van der Waals surface area contributed by atoms with Crippen molar-refractivity contribution < 1.29 is 9.59 Å². The Morgan fingerprint density at radius 2 is 2.16 bits per heavy atom. The number of nitrogens with two attached hydrogens (primary N) is 1. The third-order valence-corrected chi connectivity index (χ3v) is 3.30. The van der Waals surface area contributed by atoms with Crippen LogP contribution in [0.4, 0.5) is 5.13 Å². The predicted molar refractivity (Wildman–Crippen MR) is 75.0 cm³/mol. The Hall–Kier alpha value is -2.15. The summed E-state index contributed by atoms with van der Waals surface area (Å²) in [5.41, 5.74) is 6.86. The van der Waals surface area contributed by atoms with Crippen LogP contribution in [0.25, 0.3) is 10.2 Å². The fraction of sp³-hybridized carbons (Fsp3) is 0.250. The van der Waals surface area contributed by atoms with Crippen LogP contribution in [0.3, 0.4) is 0 Å². The van der Waals surface area contributed by atoms with Crippen molar-refractivity contribution in [3.05, 3.63) is 23.8 Å². The highest BCUT2D eigenvalue weighted by molar-refractivity contribution is 7.22. The molecule has 100 valence electrons. The van der Waals surface area contributed by atoms with E-state index in [9.17, 15) is 9.59 Å². The van der Waals surface area contributed by atoms with E-state index in [2.05, 4.69) is 15.6 Å². The fourth-order valence-electron chi connectivity index (χ4n) is 1.61. The van der Waals surface area contributed by atoms with Crippen molar-refractivity contribution in [2.45, 2.75) is 6.92 Å². The lowest BCUT2D eigenvalue weighted by molar-refractivity contribution is -0.120. The van der Waals surface area contributed by atoms with Crippen LogP contribution in [-0.4, -0.2) is 29.9 Å². The largest absolute Gasteiger partial charge is 0.375 e. The first-order valence-corrected chi connectivity index (χ1v) is 6.62. The van der Waals surface area contributed by atoms with E-state index >= 15 is 0 Å². The summed E-state index contributed by atoms with van der Waals surface area (Å²) < 4.78 is 0.850. The summed E-state index contributed by atoms with van der Waals surface area (Å²) in [6.07, 6.45) is 0. The van der Waals surface area contributed by atoms with Crippen LogP contribution >= 0.6 is 11.3 Å². The molecule has 7 heteroatoms. The molecule has 19 heavy (non-hydrogen) atoms. The number of carbonyl (C=O) groups excluding carboxylic acids is 2. The number of benzene rings is 1. The maximum Gasteiger partial charge on any atom is 0.251 e. The van der Waals surface area contributed by atoms with Crippen molar-refractivity contribution in [2.75, 3.05) is 18.8 Å². The van der Waals surface area contributed by atoms with Gasteiger partial charge in [-0.1, -0.05) is 11.3 Å². The molecule has 0 fully saturated rings. The number of rotatable bonds is 4. The van der Waals surface area contributed by atoms with Crippen LogP contribution in [0, 0.1) is 0 Å². The topological polar surface area (TPSA) is 97.1 Å². The number of amides is 2. The summed E-state index contributed by atoms with van der Waals surface area (Å²) in [6, 6.07) is 5.12. The Balaban J connectivity index is 2.06. The van der Waals surface area contributed by atoms with Gasteiger partial charge in [-0.05, 0) is 25.1 Å². The van der Waals surface area contributed by atoms with Gasteiger partial charge in [0.05, 0.1) is 16.8 Å². The molecule has 0 aliphatic carbocycles. The van der Waals surface area contributed by atoms with Gasteiger partial charge in [0.2, 0.25) is 5.91 Å². The number of nitrogens with one attached hydrogen (secondary N) is 2. The van der Waals surface area contributed by atoms with E-state index in [0.717, 1.165) is 10.2 Å². The Kier molecular flexibility index (Phi) is 3.96. The molecule has 0 bridgehead atoms. The van der Waals surface area contributed by atoms with E-state index in [1.165, 1.54) is 11.3 Å². The highest BCUT2D eigenvalue weighted by Crippen LogP contribution is 2.24. The van der Waals surface area contributed by atoms with Crippen molar-refractivity contribution in [1.29, 1.82) is 0 Å². The quantitative estimate of drug-likeness (QED) is 0.768. The Labute approximate surface area is 114 Å². The molecular formula is C12H14N4O2S. The normalized spacial score (nSPS) is 10.4. The van der Waals surface area contributed by atoms with E-state index in [4.69, 9.17) is 5.73 Å². The Bertz CT molecular complexity index is 623. The summed E-state index contributed by atoms with van der Waals surface area (Å²) in [4.78, 5) is 27.2. The summed E-state index contributed by atoms with van der Waals surface area (Å²) >= 11 is 1.32. The van der Waals surface area contributed by atoms with Gasteiger partial charge in [-0.15, -0.1) is 0 Å². The molecule has 1 aromatic heterocycles. The molecule has 2 aromatic rings. The lowest BCUT2D eigenvalue weighted by atomic mass is 10.2. The average Bonchev–Trinajstić information content (AvgIpc) is 2.75. The third kappa shape index (κ3) is 3.19. The number of nitrogens with zero attached hydrogens (tertiary/aromatic N) is 1. The molecule has 0 spiro atoms. The Morgan fingerprint density at radius 3 is 2.89 bits per heavy atom. The van der Waals surface area contributed by atoms with Gasteiger partial charge in [-0.25, -0.2) is 4.98 Å². The number of likely N-dealkylation sites (N-methyl/N-ethyl adjacent to an activating group) is 1. The molecule has 4 N–H and O–H groups in total. The number of nitrogen functional groups attached to an aromatic ring is 1. The lowest BCUT2D eigenvalue weighted by Gasteiger charge is -2.05. The van der Waals surface area contributed by atoms with E-state index in [0.29, 0.717) is 17.2 Å². The summed E-state index contributed by atoms with van der Waals surface area (Å²) in [5, 5.41) is 5.63. The standard InChI is InChI=1S/C12H14N4O2S/c1-2-14-10(17)6-15-11(18)7-3-4-8-9(5-7)19-12(13)16-8/h3-5H,2,6H2,1H3,(H2,13,16)(H,14,17)(H,15,18). The van der Waals surface area contributed by atoms with Gasteiger partial charge in [0, 0.05) is 12.1 Å². The second-order valence-electron chi connectivity index (χ2n) is 3.87. The molecule has 0 radical (unpaired) electrons. The van der Waals surface area contributed by atoms with Crippen molar-refractivity contribution >= 4 is 38.5 Å². The average molecular weight is 278 g/mol. The highest BCUT2D eigenvalue weighted by atomic mass is 32.1. The second kappa shape index (κ2) is 5.66. The number of carbonyl (C=O) groups is 2. The minimum Gasteiger partial charge on any atom is -0.375 e. The number of anilines is 1. The van der Waals surface area contributed by atoms with Crippen molar-refractivity contribution in [2.24, 2.45) is 0 Å². The molecule has 2 rings (SSSR count). The van der Waals surface area contributed by atoms with Gasteiger partial charge < -0.3 is 16.4 Å². The molecular weight excluding hydrogens is 264 g/mol. The molecule has 6 nitrogen and oxygen atoms in total. The molecule has 0 aliphatic rings. The van der Waals surface area contributed by atoms with Crippen LogP contribution in [0.5, 0.6) is 0 Å². The zero-order chi connectivity index (χ0) is 13.8. The number of hydrogen-bond acceptors (Lipinski definition) is 5. The van der Waals surface area contributed by atoms with Gasteiger partial charge >= 0.3 is 0 Å². The first kappa shape index (κ1) is 13.3. The van der Waals surface area contributed by atoms with E-state index in [1.807, 2.05) is 6.92 Å². The zero-order valence-electron chi connectivity index (χ0n) is 10.4. The SMILES string of the molecule is CCNC(=O)CNC(=O)c1ccc2nc(N)sc2c1. The minimum absolute atomic E-state index is 0.0322. The molecule has 0 saturated heterocycles. The predicted octanol–water partition coefficient (Wildman–Crippen LogP) is 0.744. The minimum atomic E-state index is -0.292. The third-order valence-electron chi connectivity index (χ3n) is 2.45. The second-order valence-corrected chi connectivity index (χ2v) is 4.93. The van der Waals surface area contributed by atoms with Crippen LogP contribution < -0.4 is 16.4 Å². The van der Waals surface area contributed by atoms with Gasteiger partial charge in [-0.3, -0.25) is 9.59 Å². The van der Waals surface area contributed by atoms with Crippen molar-refractivity contribution in [1.82, 2.24) is 15.6 Å². The van der Waals surface area contributed by atoms with Crippen LogP contribution in [0.2, 0.25) is 0 Å². The molecule has 0 unspecified atom stereocenters. The van der Waals surface area contributed by atoms with E-state index in [1.54, 1.807) is 18.2 Å². The lowest BCUT2D eigenvalue weighted by Crippen LogP contribution is -2.36. The zero-order valence-corrected chi connectivity index (χ0v) is 11.2. The van der Waals surface area contributed by atoms with Crippen LogP contribution in [0.15, 0.2) is 18.2 Å². The van der Waals surface area contributed by atoms with Gasteiger partial charge in [0.1, 0.15) is 0 Å². The first-order chi connectivity index (χ1) is 9.10. The number of fused-ring (bicyclic) bond motifs is 1. The summed E-state index contributed by atoms with van der Waals surface area (Å²) in [6.45, 7) is 2.33. The smallest absolute Gasteiger partial charge is 0.251 e. The first-order valence-electron chi connectivity index (χ1n) is 5.81. The van der Waals surface area contributed by atoms with Gasteiger partial charge in [0.15, 0.2) is 5.13 Å².